The van der Waals surface area contributed by atoms with Gasteiger partial charge < -0.3 is 14.2 Å². The van der Waals surface area contributed by atoms with Gasteiger partial charge in [0.15, 0.2) is 17.3 Å². The average molecular weight is 499 g/mol. The molecule has 3 aromatic rings. The standard InChI is InChI=1S/C25H24Cl2N4O3/c1-4-33-23-11-18(10-22(27)24(23)34-14-17-5-7-20(26)8-6-17)13-29-31-25-21(12-28)19(15-32-3)9-16(2)30-25/h5-11,13H,4,14-15H2,1-3H3,(H,30,31). The molecule has 176 valence electrons. The van der Waals surface area contributed by atoms with E-state index in [4.69, 9.17) is 37.4 Å². The van der Waals surface area contributed by atoms with Crippen molar-refractivity contribution in [1.82, 2.24) is 4.98 Å². The van der Waals surface area contributed by atoms with Crippen molar-refractivity contribution in [2.75, 3.05) is 19.1 Å². The van der Waals surface area contributed by atoms with E-state index in [0.29, 0.717) is 58.3 Å². The van der Waals surface area contributed by atoms with Gasteiger partial charge in [0.2, 0.25) is 0 Å². The fraction of sp³-hybridized carbons (Fsp3) is 0.240. The summed E-state index contributed by atoms with van der Waals surface area (Å²) in [6.07, 6.45) is 1.57. The molecule has 0 radical (unpaired) electrons. The molecule has 9 heteroatoms. The van der Waals surface area contributed by atoms with Crippen LogP contribution in [0.15, 0.2) is 47.6 Å². The van der Waals surface area contributed by atoms with Crippen LogP contribution < -0.4 is 14.9 Å². The van der Waals surface area contributed by atoms with E-state index in [-0.39, 0.29) is 0 Å². The Morgan fingerprint density at radius 1 is 1.12 bits per heavy atom. The van der Waals surface area contributed by atoms with E-state index in [1.165, 1.54) is 0 Å². The van der Waals surface area contributed by atoms with E-state index in [2.05, 4.69) is 21.6 Å². The van der Waals surface area contributed by atoms with Crippen LogP contribution in [0.4, 0.5) is 5.82 Å². The fourth-order valence-electron chi connectivity index (χ4n) is 3.19. The highest BCUT2D eigenvalue weighted by molar-refractivity contribution is 6.32. The Hall–Kier alpha value is -3.31. The molecule has 3 rings (SSSR count). The number of anilines is 1. The van der Waals surface area contributed by atoms with Crippen LogP contribution in [0.3, 0.4) is 0 Å². The number of hydrazone groups is 1. The Labute approximate surface area is 208 Å². The second-order valence-corrected chi connectivity index (χ2v) is 8.08. The number of nitrogens with zero attached hydrogens (tertiary/aromatic N) is 3. The molecule has 0 saturated carbocycles. The summed E-state index contributed by atoms with van der Waals surface area (Å²) in [6, 6.07) is 14.8. The molecule has 0 saturated heterocycles. The molecule has 1 N–H and O–H groups in total. The topological polar surface area (TPSA) is 88.8 Å². The van der Waals surface area contributed by atoms with E-state index >= 15 is 0 Å². The fourth-order valence-corrected chi connectivity index (χ4v) is 3.59. The highest BCUT2D eigenvalue weighted by Crippen LogP contribution is 2.37. The molecule has 1 heterocycles. The van der Waals surface area contributed by atoms with Crippen molar-refractivity contribution in [3.8, 4) is 17.6 Å². The maximum absolute atomic E-state index is 9.55. The zero-order chi connectivity index (χ0) is 24.5. The zero-order valence-corrected chi connectivity index (χ0v) is 20.6. The number of methoxy groups -OCH3 is 1. The molecule has 0 bridgehead atoms. The third-order valence-corrected chi connectivity index (χ3v) is 5.19. The summed E-state index contributed by atoms with van der Waals surface area (Å²) < 4.78 is 16.9. The number of nitriles is 1. The lowest BCUT2D eigenvalue weighted by molar-refractivity contribution is 0.184. The van der Waals surface area contributed by atoms with Crippen LogP contribution >= 0.6 is 23.2 Å². The van der Waals surface area contributed by atoms with Gasteiger partial charge in [-0.25, -0.2) is 4.98 Å². The van der Waals surface area contributed by atoms with Gasteiger partial charge in [0.1, 0.15) is 18.2 Å². The summed E-state index contributed by atoms with van der Waals surface area (Å²) in [5.74, 6) is 1.30. The minimum atomic E-state index is 0.301. The molecule has 0 unspecified atom stereocenters. The van der Waals surface area contributed by atoms with Gasteiger partial charge in [0.05, 0.1) is 24.5 Å². The predicted octanol–water partition coefficient (Wildman–Crippen LogP) is 6.14. The number of rotatable bonds is 10. The Kier molecular flexibility index (Phi) is 9.11. The van der Waals surface area contributed by atoms with Crippen LogP contribution in [-0.2, 0) is 18.0 Å². The third kappa shape index (κ3) is 6.61. The molecule has 0 spiro atoms. The van der Waals surface area contributed by atoms with Crippen LogP contribution in [0.25, 0.3) is 0 Å². The highest BCUT2D eigenvalue weighted by Gasteiger charge is 2.14. The number of aromatic nitrogens is 1. The molecule has 0 aliphatic rings. The second kappa shape index (κ2) is 12.2. The SMILES string of the molecule is CCOc1cc(C=NNc2nc(C)cc(COC)c2C#N)cc(Cl)c1OCc1ccc(Cl)cc1. The van der Waals surface area contributed by atoms with Crippen LogP contribution in [0.5, 0.6) is 11.5 Å². The Bertz CT molecular complexity index is 1210. The van der Waals surface area contributed by atoms with Gasteiger partial charge in [-0.1, -0.05) is 35.3 Å². The lowest BCUT2D eigenvalue weighted by Crippen LogP contribution is -2.04. The summed E-state index contributed by atoms with van der Waals surface area (Å²) >= 11 is 12.4. The largest absolute Gasteiger partial charge is 0.490 e. The minimum absolute atomic E-state index is 0.301. The molecule has 0 amide bonds. The van der Waals surface area contributed by atoms with Gasteiger partial charge in [0.25, 0.3) is 0 Å². The molecule has 7 nitrogen and oxygen atoms in total. The Balaban J connectivity index is 1.80. The van der Waals surface area contributed by atoms with E-state index in [1.54, 1.807) is 37.6 Å². The Morgan fingerprint density at radius 3 is 2.56 bits per heavy atom. The molecule has 0 atom stereocenters. The number of benzene rings is 2. The zero-order valence-electron chi connectivity index (χ0n) is 19.1. The molecular formula is C25H24Cl2N4O3. The predicted molar refractivity (Wildman–Crippen MR) is 134 cm³/mol. The number of halogens is 2. The van der Waals surface area contributed by atoms with E-state index in [9.17, 15) is 5.26 Å². The molecule has 0 aliphatic heterocycles. The van der Waals surface area contributed by atoms with Gasteiger partial charge >= 0.3 is 0 Å². The first-order valence-corrected chi connectivity index (χ1v) is 11.2. The van der Waals surface area contributed by atoms with E-state index in [1.807, 2.05) is 32.0 Å². The number of hydrogen-bond donors (Lipinski definition) is 1. The molecule has 0 fully saturated rings. The molecule has 34 heavy (non-hydrogen) atoms. The summed E-state index contributed by atoms with van der Waals surface area (Å²) in [5, 5.41) is 14.8. The molecule has 0 aliphatic carbocycles. The van der Waals surface area contributed by atoms with Gasteiger partial charge in [-0.05, 0) is 55.3 Å². The summed E-state index contributed by atoms with van der Waals surface area (Å²) in [6.45, 7) is 4.77. The smallest absolute Gasteiger partial charge is 0.180 e. The van der Waals surface area contributed by atoms with Crippen LogP contribution in [-0.4, -0.2) is 24.9 Å². The monoisotopic (exact) mass is 498 g/mol. The maximum atomic E-state index is 9.55. The van der Waals surface area contributed by atoms with Crippen molar-refractivity contribution in [2.24, 2.45) is 5.10 Å². The first-order chi connectivity index (χ1) is 16.4. The molecular weight excluding hydrogens is 475 g/mol. The average Bonchev–Trinajstić information content (AvgIpc) is 2.80. The van der Waals surface area contributed by atoms with E-state index in [0.717, 1.165) is 16.8 Å². The van der Waals surface area contributed by atoms with Crippen molar-refractivity contribution in [3.05, 3.63) is 80.5 Å². The quantitative estimate of drug-likeness (QED) is 0.266. The van der Waals surface area contributed by atoms with Crippen molar-refractivity contribution in [1.29, 1.82) is 5.26 Å². The van der Waals surface area contributed by atoms with Crippen molar-refractivity contribution >= 4 is 35.2 Å². The maximum Gasteiger partial charge on any atom is 0.180 e. The van der Waals surface area contributed by atoms with Crippen molar-refractivity contribution < 1.29 is 14.2 Å². The number of hydrogen-bond acceptors (Lipinski definition) is 7. The van der Waals surface area contributed by atoms with Gasteiger partial charge in [0, 0.05) is 23.4 Å². The first-order valence-electron chi connectivity index (χ1n) is 10.5. The number of pyridine rings is 1. The summed E-state index contributed by atoms with van der Waals surface area (Å²) in [5.41, 5.74) is 6.33. The summed E-state index contributed by atoms with van der Waals surface area (Å²) in [4.78, 5) is 4.37. The molecule has 2 aromatic carbocycles. The second-order valence-electron chi connectivity index (χ2n) is 7.24. The number of ether oxygens (including phenoxy) is 3. The lowest BCUT2D eigenvalue weighted by atomic mass is 10.1. The minimum Gasteiger partial charge on any atom is -0.490 e. The van der Waals surface area contributed by atoms with Gasteiger partial charge in [-0.2, -0.15) is 10.4 Å². The third-order valence-electron chi connectivity index (χ3n) is 4.65. The van der Waals surface area contributed by atoms with Crippen LogP contribution in [0.1, 0.15) is 34.9 Å². The lowest BCUT2D eigenvalue weighted by Gasteiger charge is -2.14. The van der Waals surface area contributed by atoms with Crippen molar-refractivity contribution in [2.45, 2.75) is 27.1 Å². The van der Waals surface area contributed by atoms with Crippen molar-refractivity contribution in [3.63, 3.8) is 0 Å². The van der Waals surface area contributed by atoms with Gasteiger partial charge in [-0.15, -0.1) is 0 Å². The van der Waals surface area contributed by atoms with E-state index < -0.39 is 0 Å². The first kappa shape index (κ1) is 25.3. The number of aryl methyl sites for hydroxylation is 1. The molecule has 1 aromatic heterocycles. The van der Waals surface area contributed by atoms with Crippen LogP contribution in [0, 0.1) is 18.3 Å². The van der Waals surface area contributed by atoms with Crippen LogP contribution in [0.2, 0.25) is 10.0 Å². The summed E-state index contributed by atoms with van der Waals surface area (Å²) in [7, 11) is 1.57. The Morgan fingerprint density at radius 2 is 1.88 bits per heavy atom. The van der Waals surface area contributed by atoms with Gasteiger partial charge in [-0.3, -0.25) is 5.43 Å². The highest BCUT2D eigenvalue weighted by atomic mass is 35.5. The normalized spacial score (nSPS) is 10.8. The number of nitrogens with one attached hydrogen (secondary N) is 1.